The minimum atomic E-state index is -0.268. The van der Waals surface area contributed by atoms with E-state index in [1.54, 1.807) is 24.3 Å². The molecular formula is C38H28N4S. The summed E-state index contributed by atoms with van der Waals surface area (Å²) in [6.45, 7) is 6.38. The molecule has 2 heterocycles. The summed E-state index contributed by atoms with van der Waals surface area (Å²) in [4.78, 5) is 14.3. The van der Waals surface area contributed by atoms with Crippen molar-refractivity contribution in [3.8, 4) is 51.4 Å². The molecule has 0 spiro atoms. The summed E-state index contributed by atoms with van der Waals surface area (Å²) in [6, 6.07) is 24.8. The Hall–Kier alpha value is -5.18. The van der Waals surface area contributed by atoms with E-state index < -0.39 is 0 Å². The van der Waals surface area contributed by atoms with Gasteiger partial charge >= 0.3 is 0 Å². The summed E-state index contributed by atoms with van der Waals surface area (Å²) < 4.78 is 54.7. The molecule has 0 radical (unpaired) electrons. The van der Waals surface area contributed by atoms with Gasteiger partial charge in [-0.3, -0.25) is 0 Å². The Bertz CT molecular complexity index is 2480. The predicted molar refractivity (Wildman–Crippen MR) is 178 cm³/mol. The van der Waals surface area contributed by atoms with Gasteiger partial charge in [-0.05, 0) is 58.5 Å². The number of hydrogen-bond acceptors (Lipinski definition) is 5. The van der Waals surface area contributed by atoms with Crippen LogP contribution in [-0.2, 0) is 5.41 Å². The zero-order valence-corrected chi connectivity index (χ0v) is 24.5. The first-order chi connectivity index (χ1) is 23.4. The summed E-state index contributed by atoms with van der Waals surface area (Å²) >= 11 is 1.10. The smallest absolute Gasteiger partial charge is 0.164 e. The zero-order valence-electron chi connectivity index (χ0n) is 29.7. The lowest BCUT2D eigenvalue weighted by Crippen LogP contribution is -2.10. The Morgan fingerprint density at radius 1 is 0.674 bits per heavy atom. The van der Waals surface area contributed by atoms with E-state index in [1.807, 2.05) is 54.6 Å². The molecule has 7 rings (SSSR count). The second-order valence-electron chi connectivity index (χ2n) is 11.2. The van der Waals surface area contributed by atoms with Crippen LogP contribution < -0.4 is 0 Å². The summed E-state index contributed by atoms with van der Waals surface area (Å²) in [7, 11) is 0. The van der Waals surface area contributed by atoms with Crippen molar-refractivity contribution in [2.75, 3.05) is 0 Å². The van der Waals surface area contributed by atoms with Crippen molar-refractivity contribution in [3.05, 3.63) is 126 Å². The molecule has 0 saturated heterocycles. The minimum absolute atomic E-state index is 0.0406. The Balaban J connectivity index is 1.52. The molecule has 206 valence electrons. The van der Waals surface area contributed by atoms with Crippen LogP contribution >= 0.6 is 11.3 Å². The van der Waals surface area contributed by atoms with Crippen molar-refractivity contribution in [1.29, 1.82) is 5.26 Å². The molecule has 43 heavy (non-hydrogen) atoms. The Morgan fingerprint density at radius 3 is 1.93 bits per heavy atom. The van der Waals surface area contributed by atoms with Crippen molar-refractivity contribution < 1.29 is 8.22 Å². The minimum Gasteiger partial charge on any atom is -0.208 e. The molecule has 0 aliphatic carbocycles. The fourth-order valence-corrected chi connectivity index (χ4v) is 5.96. The van der Waals surface area contributed by atoms with Crippen molar-refractivity contribution >= 4 is 31.5 Å². The molecular weight excluding hydrogens is 545 g/mol. The summed E-state index contributed by atoms with van der Waals surface area (Å²) in [5.41, 5.74) is 3.94. The second-order valence-corrected chi connectivity index (χ2v) is 12.2. The maximum atomic E-state index is 9.42. The van der Waals surface area contributed by atoms with Gasteiger partial charge in [-0.25, -0.2) is 15.0 Å². The second kappa shape index (κ2) is 10.6. The van der Waals surface area contributed by atoms with Crippen LogP contribution in [0.5, 0.6) is 0 Å². The van der Waals surface area contributed by atoms with E-state index in [0.717, 1.165) is 16.9 Å². The third kappa shape index (κ3) is 5.07. The summed E-state index contributed by atoms with van der Waals surface area (Å²) in [5.74, 6) is 0.650. The Morgan fingerprint density at radius 2 is 1.30 bits per heavy atom. The molecule has 0 aliphatic rings. The van der Waals surface area contributed by atoms with Gasteiger partial charge in [0.15, 0.2) is 17.5 Å². The number of aromatic nitrogens is 3. The van der Waals surface area contributed by atoms with E-state index in [9.17, 15) is 9.37 Å². The lowest BCUT2D eigenvalue weighted by atomic mass is 9.87. The van der Waals surface area contributed by atoms with Gasteiger partial charge in [-0.2, -0.15) is 5.26 Å². The molecule has 0 bridgehead atoms. The van der Waals surface area contributed by atoms with Gasteiger partial charge in [-0.1, -0.05) is 99.5 Å². The van der Waals surface area contributed by atoms with Gasteiger partial charge in [0.1, 0.15) is 0 Å². The van der Waals surface area contributed by atoms with Crippen LogP contribution in [0.15, 0.2) is 115 Å². The highest BCUT2D eigenvalue weighted by Crippen LogP contribution is 2.41. The molecule has 0 amide bonds. The van der Waals surface area contributed by atoms with E-state index in [1.165, 1.54) is 0 Å². The van der Waals surface area contributed by atoms with E-state index in [-0.39, 0.29) is 58.9 Å². The maximum absolute atomic E-state index is 9.42. The fraction of sp³-hybridized carbons (Fsp3) is 0.105. The van der Waals surface area contributed by atoms with Crippen LogP contribution in [0.4, 0.5) is 0 Å². The summed E-state index contributed by atoms with van der Waals surface area (Å²) in [6.07, 6.45) is 0. The zero-order chi connectivity index (χ0) is 34.8. The van der Waals surface area contributed by atoms with Crippen molar-refractivity contribution in [2.45, 2.75) is 26.2 Å². The molecule has 0 saturated carbocycles. The number of fused-ring (bicyclic) bond motifs is 3. The van der Waals surface area contributed by atoms with Crippen LogP contribution in [0.1, 0.15) is 40.1 Å². The van der Waals surface area contributed by atoms with Gasteiger partial charge < -0.3 is 0 Å². The first kappa shape index (κ1) is 20.7. The number of benzene rings is 5. The molecule has 7 aromatic rings. The number of nitrogens with zero attached hydrogens (tertiary/aromatic N) is 4. The normalized spacial score (nSPS) is 13.5. The van der Waals surface area contributed by atoms with E-state index in [4.69, 9.17) is 19.1 Å². The standard InChI is InChI=1S/C38H28N4S/c1-38(2,3)29-19-16-27(17-20-29)36-40-35(26-14-12-24(23-39)13-15-26)41-37(42-36)28-18-21-31-33(22-28)43-32-11-7-10-30(34(31)32)25-8-5-4-6-9-25/h4-22H,1-3H3/i7D,10D,11D,18D,21D,22D. The van der Waals surface area contributed by atoms with Crippen LogP contribution in [0.2, 0.25) is 0 Å². The largest absolute Gasteiger partial charge is 0.208 e. The summed E-state index contributed by atoms with van der Waals surface area (Å²) in [5, 5.41) is 10.0. The molecule has 0 N–H and O–H groups in total. The first-order valence-electron chi connectivity index (χ1n) is 16.8. The van der Waals surface area contributed by atoms with Crippen molar-refractivity contribution in [2.24, 2.45) is 0 Å². The first-order valence-corrected chi connectivity index (χ1v) is 14.6. The molecule has 0 atom stereocenters. The molecule has 0 fully saturated rings. The van der Waals surface area contributed by atoms with E-state index in [2.05, 4.69) is 26.8 Å². The SMILES string of the molecule is [2H]c1c([2H])c(-c2ccccc2)c2c(sc3c([2H])c(-c4nc(-c5ccc(C#N)cc5)nc(-c5ccc(C(C)(C)C)cc5)n4)c([2H])c([2H])c32)c1[2H]. The van der Waals surface area contributed by atoms with Crippen LogP contribution in [0.3, 0.4) is 0 Å². The highest BCUT2D eigenvalue weighted by molar-refractivity contribution is 7.26. The average molecular weight is 579 g/mol. The quantitative estimate of drug-likeness (QED) is 0.208. The molecule has 0 aliphatic heterocycles. The topological polar surface area (TPSA) is 62.5 Å². The van der Waals surface area contributed by atoms with Crippen LogP contribution in [-0.4, -0.2) is 15.0 Å². The van der Waals surface area contributed by atoms with Crippen LogP contribution in [0.25, 0.3) is 65.5 Å². The number of thiophene rings is 1. The van der Waals surface area contributed by atoms with Gasteiger partial charge in [-0.15, -0.1) is 11.3 Å². The number of rotatable bonds is 4. The highest BCUT2D eigenvalue weighted by atomic mass is 32.1. The van der Waals surface area contributed by atoms with E-state index >= 15 is 0 Å². The van der Waals surface area contributed by atoms with Gasteiger partial charge in [0.25, 0.3) is 0 Å². The molecule has 5 aromatic carbocycles. The number of hydrogen-bond donors (Lipinski definition) is 0. The maximum Gasteiger partial charge on any atom is 0.164 e. The van der Waals surface area contributed by atoms with Crippen LogP contribution in [0, 0.1) is 11.3 Å². The van der Waals surface area contributed by atoms with Gasteiger partial charge in [0, 0.05) is 36.9 Å². The molecule has 2 aromatic heterocycles. The monoisotopic (exact) mass is 578 g/mol. The molecule has 0 unspecified atom stereocenters. The third-order valence-corrected chi connectivity index (χ3v) is 8.30. The predicted octanol–water partition coefficient (Wildman–Crippen LogP) is 10.1. The average Bonchev–Trinajstić information content (AvgIpc) is 3.51. The third-order valence-electron chi connectivity index (χ3n) is 7.28. The van der Waals surface area contributed by atoms with Gasteiger partial charge in [0.2, 0.25) is 0 Å². The number of nitriles is 1. The van der Waals surface area contributed by atoms with Gasteiger partial charge in [0.05, 0.1) is 19.9 Å². The fourth-order valence-electron chi connectivity index (χ4n) is 4.94. The Kier molecular flexibility index (Phi) is 5.08. The lowest BCUT2D eigenvalue weighted by Gasteiger charge is -2.19. The molecule has 4 nitrogen and oxygen atoms in total. The van der Waals surface area contributed by atoms with Crippen molar-refractivity contribution in [1.82, 2.24) is 15.0 Å². The Labute approximate surface area is 263 Å². The lowest BCUT2D eigenvalue weighted by molar-refractivity contribution is 0.590. The van der Waals surface area contributed by atoms with Crippen molar-refractivity contribution in [3.63, 3.8) is 0 Å². The highest BCUT2D eigenvalue weighted by Gasteiger charge is 2.17. The van der Waals surface area contributed by atoms with E-state index in [0.29, 0.717) is 53.8 Å². The molecule has 5 heteroatoms.